The highest BCUT2D eigenvalue weighted by atomic mass is 16.7. The predicted molar refractivity (Wildman–Crippen MR) is 210 cm³/mol. The molecule has 3 fully saturated rings. The molecular formula is C40H75N5O11. The summed E-state index contributed by atoms with van der Waals surface area (Å²) in [4.78, 5) is 44.7. The number of aliphatic hydroxyl groups is 2. The number of carbonyl (C=O) groups is 3. The number of carbonyl (C=O) groups excluding carboxylic acids is 3. The fourth-order valence-corrected chi connectivity index (χ4v) is 8.33. The van der Waals surface area contributed by atoms with Crippen LogP contribution in [0.1, 0.15) is 80.1 Å². The minimum atomic E-state index is -1.51. The third kappa shape index (κ3) is 13.8. The number of aliphatic hydroxyl groups excluding tert-OH is 1. The van der Waals surface area contributed by atoms with Crippen molar-refractivity contribution in [3.8, 4) is 0 Å². The summed E-state index contributed by atoms with van der Waals surface area (Å²) in [6, 6.07) is -0.0984. The van der Waals surface area contributed by atoms with Crippen molar-refractivity contribution in [1.29, 1.82) is 0 Å². The number of nitrogens with one attached hydrogen (secondary N) is 2. The summed E-state index contributed by atoms with van der Waals surface area (Å²) >= 11 is 0. The molecule has 0 radical (unpaired) electrons. The van der Waals surface area contributed by atoms with Gasteiger partial charge in [0.15, 0.2) is 12.6 Å². The number of rotatable bonds is 13. The molecule has 56 heavy (non-hydrogen) atoms. The third-order valence-corrected chi connectivity index (χ3v) is 11.6. The van der Waals surface area contributed by atoms with Gasteiger partial charge in [-0.15, -0.1) is 0 Å². The van der Waals surface area contributed by atoms with E-state index < -0.39 is 60.0 Å². The first-order valence-electron chi connectivity index (χ1n) is 20.4. The van der Waals surface area contributed by atoms with Crippen LogP contribution in [0.2, 0.25) is 0 Å². The van der Waals surface area contributed by atoms with Crippen LogP contribution in [-0.2, 0) is 42.8 Å². The first-order valence-corrected chi connectivity index (χ1v) is 20.4. The molecular weight excluding hydrogens is 726 g/mol. The Morgan fingerprint density at radius 1 is 1.07 bits per heavy atom. The lowest BCUT2D eigenvalue weighted by molar-refractivity contribution is -0.315. The van der Waals surface area contributed by atoms with E-state index in [0.717, 1.165) is 0 Å². The summed E-state index contributed by atoms with van der Waals surface area (Å²) in [5.74, 6) is -1.87. The van der Waals surface area contributed by atoms with Crippen molar-refractivity contribution in [1.82, 2.24) is 25.3 Å². The summed E-state index contributed by atoms with van der Waals surface area (Å²) in [5, 5.41) is 29.2. The zero-order chi connectivity index (χ0) is 42.0. The number of likely N-dealkylation sites (N-methyl/N-ethyl adjacent to an activating group) is 2. The summed E-state index contributed by atoms with van der Waals surface area (Å²) in [5.41, 5.74) is -2.45. The molecule has 0 saturated carbocycles. The van der Waals surface area contributed by atoms with Crippen molar-refractivity contribution >= 4 is 17.7 Å². The Bertz CT molecular complexity index is 1240. The van der Waals surface area contributed by atoms with E-state index in [0.29, 0.717) is 52.0 Å². The van der Waals surface area contributed by atoms with Crippen LogP contribution in [0.15, 0.2) is 0 Å². The average Bonchev–Trinajstić information content (AvgIpc) is 3.11. The van der Waals surface area contributed by atoms with E-state index in [1.807, 2.05) is 53.9 Å². The molecule has 3 aliphatic heterocycles. The largest absolute Gasteiger partial charge is 0.388 e. The average molecular weight is 802 g/mol. The lowest BCUT2D eigenvalue weighted by Crippen LogP contribution is -2.60. The lowest BCUT2D eigenvalue weighted by atomic mass is 9.77. The first-order chi connectivity index (χ1) is 26.2. The number of amides is 3. The van der Waals surface area contributed by atoms with Gasteiger partial charge in [0.1, 0.15) is 12.2 Å². The molecule has 16 nitrogen and oxygen atoms in total. The maximum atomic E-state index is 13.8. The zero-order valence-corrected chi connectivity index (χ0v) is 36.2. The van der Waals surface area contributed by atoms with Crippen molar-refractivity contribution in [2.24, 2.45) is 17.8 Å². The van der Waals surface area contributed by atoms with Crippen LogP contribution < -0.4 is 10.6 Å². The zero-order valence-electron chi connectivity index (χ0n) is 36.2. The second kappa shape index (κ2) is 21.9. The minimum Gasteiger partial charge on any atom is -0.388 e. The number of hydrogen-bond acceptors (Lipinski definition) is 13. The Balaban J connectivity index is 2.02. The molecule has 3 amide bonds. The van der Waals surface area contributed by atoms with Crippen LogP contribution in [0.3, 0.4) is 0 Å². The van der Waals surface area contributed by atoms with Gasteiger partial charge in [0.05, 0.1) is 48.6 Å². The van der Waals surface area contributed by atoms with Crippen LogP contribution in [0.5, 0.6) is 0 Å². The number of methoxy groups -OCH3 is 1. The van der Waals surface area contributed by atoms with Crippen LogP contribution in [0.4, 0.5) is 0 Å². The molecule has 13 atom stereocenters. The van der Waals surface area contributed by atoms with Crippen molar-refractivity contribution < 1.29 is 53.0 Å². The van der Waals surface area contributed by atoms with Crippen molar-refractivity contribution in [2.45, 2.75) is 140 Å². The molecule has 0 unspecified atom stereocenters. The SMILES string of the molecule is CO[C@]1(C)C[C@H](O[C@H]2[C@H](C)[C@@H](O[C@@H]3O[C@H](C)C[C@H](N(C)C)[C@H]3OCCCNC(=O)CN(C)C)[C@](C)(O)C[C@@H](C)CN(C)C(=O)CCCNC(=O)[C@@H]2C)OC[C@@H]1O. The molecule has 16 heteroatoms. The topological polar surface area (TPSA) is 181 Å². The molecule has 0 aromatic heterocycles. The molecule has 326 valence electrons. The van der Waals surface area contributed by atoms with Gasteiger partial charge in [-0.25, -0.2) is 0 Å². The van der Waals surface area contributed by atoms with Gasteiger partial charge in [0, 0.05) is 65.2 Å². The molecule has 0 aliphatic carbocycles. The van der Waals surface area contributed by atoms with E-state index in [-0.39, 0.29) is 61.7 Å². The van der Waals surface area contributed by atoms with E-state index in [1.165, 1.54) is 7.11 Å². The molecule has 0 bridgehead atoms. The highest BCUT2D eigenvalue weighted by Crippen LogP contribution is 2.39. The molecule has 3 rings (SSSR count). The Morgan fingerprint density at radius 3 is 2.41 bits per heavy atom. The Morgan fingerprint density at radius 2 is 1.77 bits per heavy atom. The molecule has 0 spiro atoms. The summed E-state index contributed by atoms with van der Waals surface area (Å²) in [6.07, 6.45) is -2.73. The van der Waals surface area contributed by atoms with Crippen LogP contribution in [0.25, 0.3) is 0 Å². The van der Waals surface area contributed by atoms with Crippen molar-refractivity contribution in [3.05, 3.63) is 0 Å². The standard InChI is InChI=1S/C40H75N5O11/c1-25-20-39(5,50)36(56-38-35(29(44(9)10)19-26(2)54-38)52-18-14-17-41-31(47)23-43(7)8)27(3)34(55-33-21-40(6,51-12)30(46)24-53-33)28(4)37(49)42-16-13-15-32(48)45(11)22-25/h25-30,33-36,38,46,50H,13-24H2,1-12H3,(H,41,47)(H,42,49)/t25-,26-,27+,28-,29+,30+,33+,34+,35-,36-,38+,39-,40-/m1/s1. The Kier molecular flexibility index (Phi) is 18.9. The predicted octanol–water partition coefficient (Wildman–Crippen LogP) is 1.21. The normalized spacial score (nSPS) is 38.6. The Hall–Kier alpha value is -1.99. The smallest absolute Gasteiger partial charge is 0.234 e. The molecule has 0 aromatic carbocycles. The van der Waals surface area contributed by atoms with Gasteiger partial charge >= 0.3 is 0 Å². The highest BCUT2D eigenvalue weighted by molar-refractivity contribution is 5.79. The van der Waals surface area contributed by atoms with E-state index >= 15 is 0 Å². The van der Waals surface area contributed by atoms with Gasteiger partial charge in [-0.05, 0) is 80.6 Å². The fraction of sp³-hybridized carbons (Fsp3) is 0.925. The van der Waals surface area contributed by atoms with Gasteiger partial charge in [0.25, 0.3) is 0 Å². The van der Waals surface area contributed by atoms with Crippen LogP contribution >= 0.6 is 0 Å². The van der Waals surface area contributed by atoms with E-state index in [1.54, 1.807) is 32.7 Å². The van der Waals surface area contributed by atoms with E-state index in [2.05, 4.69) is 15.5 Å². The van der Waals surface area contributed by atoms with E-state index in [9.17, 15) is 24.6 Å². The minimum absolute atomic E-state index is 0.0224. The maximum absolute atomic E-state index is 13.8. The second-order valence-electron chi connectivity index (χ2n) is 17.5. The molecule has 4 N–H and O–H groups in total. The van der Waals surface area contributed by atoms with Gasteiger partial charge in [0.2, 0.25) is 17.7 Å². The quantitative estimate of drug-likeness (QED) is 0.196. The monoisotopic (exact) mass is 802 g/mol. The fourth-order valence-electron chi connectivity index (χ4n) is 8.33. The molecule has 0 aromatic rings. The van der Waals surface area contributed by atoms with Crippen molar-refractivity contribution in [2.75, 3.05) is 81.7 Å². The van der Waals surface area contributed by atoms with Crippen LogP contribution in [0, 0.1) is 17.8 Å². The van der Waals surface area contributed by atoms with Gasteiger partial charge in [-0.2, -0.15) is 0 Å². The second-order valence-corrected chi connectivity index (χ2v) is 17.5. The molecule has 3 saturated heterocycles. The van der Waals surface area contributed by atoms with Crippen LogP contribution in [-0.4, -0.2) is 185 Å². The van der Waals surface area contributed by atoms with Crippen molar-refractivity contribution in [3.63, 3.8) is 0 Å². The molecule has 3 heterocycles. The number of nitrogens with zero attached hydrogens (tertiary/aromatic N) is 3. The number of ether oxygens (including phenoxy) is 6. The van der Waals surface area contributed by atoms with E-state index in [4.69, 9.17) is 28.4 Å². The molecule has 3 aliphatic rings. The summed E-state index contributed by atoms with van der Waals surface area (Å²) in [7, 11) is 10.9. The van der Waals surface area contributed by atoms with Gasteiger partial charge in [-0.1, -0.05) is 20.8 Å². The maximum Gasteiger partial charge on any atom is 0.234 e. The summed E-state index contributed by atoms with van der Waals surface area (Å²) < 4.78 is 38.5. The number of hydrogen-bond donors (Lipinski definition) is 4. The Labute approximate surface area is 335 Å². The lowest BCUT2D eigenvalue weighted by Gasteiger charge is -2.49. The third-order valence-electron chi connectivity index (χ3n) is 11.6. The van der Waals surface area contributed by atoms with Gasteiger partial charge in [-0.3, -0.25) is 14.4 Å². The highest BCUT2D eigenvalue weighted by Gasteiger charge is 2.50. The first kappa shape index (κ1) is 48.4. The van der Waals surface area contributed by atoms with Gasteiger partial charge < -0.3 is 64.0 Å². The summed E-state index contributed by atoms with van der Waals surface area (Å²) in [6.45, 7) is 13.0.